The number of rotatable bonds is 3. The monoisotopic (exact) mass is 293 g/mol. The SMILES string of the molecule is COC(=O)Cc1nc(C)c(C(F)F)cc1Br. The van der Waals surface area contributed by atoms with Crippen molar-refractivity contribution in [3.05, 3.63) is 27.5 Å². The Kier molecular flexibility index (Phi) is 4.35. The molecule has 88 valence electrons. The van der Waals surface area contributed by atoms with Gasteiger partial charge in [-0.1, -0.05) is 0 Å². The van der Waals surface area contributed by atoms with Gasteiger partial charge in [0, 0.05) is 15.7 Å². The topological polar surface area (TPSA) is 39.2 Å². The highest BCUT2D eigenvalue weighted by atomic mass is 79.9. The molecule has 0 spiro atoms. The van der Waals surface area contributed by atoms with Gasteiger partial charge in [0.25, 0.3) is 6.43 Å². The minimum Gasteiger partial charge on any atom is -0.469 e. The van der Waals surface area contributed by atoms with Crippen molar-refractivity contribution >= 4 is 21.9 Å². The van der Waals surface area contributed by atoms with E-state index in [0.717, 1.165) is 0 Å². The summed E-state index contributed by atoms with van der Waals surface area (Å²) in [5.74, 6) is -0.461. The number of alkyl halides is 2. The molecule has 0 aliphatic heterocycles. The number of halogens is 3. The van der Waals surface area contributed by atoms with Gasteiger partial charge in [-0.2, -0.15) is 0 Å². The van der Waals surface area contributed by atoms with Crippen LogP contribution in [-0.2, 0) is 16.0 Å². The Bertz CT molecular complexity index is 410. The van der Waals surface area contributed by atoms with E-state index in [-0.39, 0.29) is 17.7 Å². The molecule has 1 aromatic heterocycles. The molecule has 1 aromatic rings. The number of nitrogens with zero attached hydrogens (tertiary/aromatic N) is 1. The van der Waals surface area contributed by atoms with Crippen LogP contribution in [0.1, 0.15) is 23.4 Å². The Morgan fingerprint density at radius 1 is 1.62 bits per heavy atom. The summed E-state index contributed by atoms with van der Waals surface area (Å²) in [5, 5.41) is 0. The van der Waals surface area contributed by atoms with Crippen molar-refractivity contribution < 1.29 is 18.3 Å². The van der Waals surface area contributed by atoms with Gasteiger partial charge in [0.2, 0.25) is 0 Å². The fraction of sp³-hybridized carbons (Fsp3) is 0.400. The van der Waals surface area contributed by atoms with Gasteiger partial charge in [0.15, 0.2) is 0 Å². The maximum Gasteiger partial charge on any atom is 0.311 e. The highest BCUT2D eigenvalue weighted by molar-refractivity contribution is 9.10. The third-order valence-electron chi connectivity index (χ3n) is 2.05. The lowest BCUT2D eigenvalue weighted by Crippen LogP contribution is -2.08. The molecule has 0 amide bonds. The van der Waals surface area contributed by atoms with Gasteiger partial charge in [0.1, 0.15) is 0 Å². The van der Waals surface area contributed by atoms with Crippen molar-refractivity contribution in [1.29, 1.82) is 0 Å². The van der Waals surface area contributed by atoms with Crippen molar-refractivity contribution in [3.63, 3.8) is 0 Å². The zero-order valence-electron chi connectivity index (χ0n) is 8.76. The van der Waals surface area contributed by atoms with E-state index in [1.54, 1.807) is 0 Å². The number of aromatic nitrogens is 1. The summed E-state index contributed by atoms with van der Waals surface area (Å²) in [4.78, 5) is 15.0. The lowest BCUT2D eigenvalue weighted by molar-refractivity contribution is -0.139. The zero-order chi connectivity index (χ0) is 12.3. The maximum absolute atomic E-state index is 12.5. The molecule has 0 aromatic carbocycles. The van der Waals surface area contributed by atoms with E-state index in [1.165, 1.54) is 20.1 Å². The number of hydrogen-bond acceptors (Lipinski definition) is 3. The minimum atomic E-state index is -2.57. The van der Waals surface area contributed by atoms with E-state index in [1.807, 2.05) is 0 Å². The number of aryl methyl sites for hydroxylation is 1. The fourth-order valence-corrected chi connectivity index (χ4v) is 1.67. The first kappa shape index (κ1) is 13.0. The molecule has 1 rings (SSSR count). The van der Waals surface area contributed by atoms with Crippen molar-refractivity contribution in [2.45, 2.75) is 19.8 Å². The summed E-state index contributed by atoms with van der Waals surface area (Å²) < 4.78 is 29.9. The Morgan fingerprint density at radius 3 is 2.75 bits per heavy atom. The van der Waals surface area contributed by atoms with Gasteiger partial charge in [-0.3, -0.25) is 9.78 Å². The number of ether oxygens (including phenoxy) is 1. The number of methoxy groups -OCH3 is 1. The van der Waals surface area contributed by atoms with Crippen LogP contribution in [0, 0.1) is 6.92 Å². The highest BCUT2D eigenvalue weighted by Crippen LogP contribution is 2.26. The summed E-state index contributed by atoms with van der Waals surface area (Å²) in [6, 6.07) is 1.28. The molecule has 0 saturated carbocycles. The molecule has 0 radical (unpaired) electrons. The third-order valence-corrected chi connectivity index (χ3v) is 2.74. The smallest absolute Gasteiger partial charge is 0.311 e. The Balaban J connectivity index is 3.05. The van der Waals surface area contributed by atoms with Gasteiger partial charge in [-0.15, -0.1) is 0 Å². The quantitative estimate of drug-likeness (QED) is 0.805. The van der Waals surface area contributed by atoms with Gasteiger partial charge >= 0.3 is 5.97 Å². The molecule has 6 heteroatoms. The Labute approximate surface area is 99.9 Å². The van der Waals surface area contributed by atoms with E-state index in [2.05, 4.69) is 25.7 Å². The normalized spacial score (nSPS) is 10.6. The molecule has 0 fully saturated rings. The van der Waals surface area contributed by atoms with Gasteiger partial charge in [-0.25, -0.2) is 8.78 Å². The molecule has 16 heavy (non-hydrogen) atoms. The van der Waals surface area contributed by atoms with Gasteiger partial charge in [0.05, 0.1) is 19.2 Å². The standard InChI is InChI=1S/C10H10BrF2NO2/c1-5-6(10(12)13)3-7(11)8(14-5)4-9(15)16-2/h3,10H,4H2,1-2H3. The predicted octanol–water partition coefficient (Wildman–Crippen LogP) is 2.81. The summed E-state index contributed by atoms with van der Waals surface area (Å²) >= 11 is 3.10. The lowest BCUT2D eigenvalue weighted by Gasteiger charge is -2.08. The predicted molar refractivity (Wildman–Crippen MR) is 57.4 cm³/mol. The second-order valence-corrected chi connectivity index (χ2v) is 4.00. The summed E-state index contributed by atoms with van der Waals surface area (Å²) in [6.07, 6.45) is -2.61. The number of carbonyl (C=O) groups is 1. The summed E-state index contributed by atoms with van der Waals surface area (Å²) in [5.41, 5.74) is 0.478. The average Bonchev–Trinajstić information content (AvgIpc) is 2.22. The largest absolute Gasteiger partial charge is 0.469 e. The molecule has 3 nitrogen and oxygen atoms in total. The average molecular weight is 294 g/mol. The van der Waals surface area contributed by atoms with Crippen molar-refractivity contribution in [1.82, 2.24) is 4.98 Å². The first-order valence-electron chi connectivity index (χ1n) is 4.46. The van der Waals surface area contributed by atoms with Crippen LogP contribution in [0.2, 0.25) is 0 Å². The Morgan fingerprint density at radius 2 is 2.25 bits per heavy atom. The molecule has 0 atom stereocenters. The maximum atomic E-state index is 12.5. The van der Waals surface area contributed by atoms with E-state index in [0.29, 0.717) is 10.2 Å². The molecule has 0 aliphatic carbocycles. The third kappa shape index (κ3) is 2.98. The molecular weight excluding hydrogens is 284 g/mol. The van der Waals surface area contributed by atoms with Crippen LogP contribution in [0.4, 0.5) is 8.78 Å². The van der Waals surface area contributed by atoms with Crippen molar-refractivity contribution in [2.24, 2.45) is 0 Å². The van der Waals surface area contributed by atoms with Gasteiger partial charge in [-0.05, 0) is 28.9 Å². The first-order valence-corrected chi connectivity index (χ1v) is 5.26. The van der Waals surface area contributed by atoms with Crippen LogP contribution in [0.3, 0.4) is 0 Å². The molecule has 0 unspecified atom stereocenters. The molecule has 0 N–H and O–H groups in total. The highest BCUT2D eigenvalue weighted by Gasteiger charge is 2.16. The van der Waals surface area contributed by atoms with Crippen molar-refractivity contribution in [2.75, 3.05) is 7.11 Å². The number of esters is 1. The molecule has 1 heterocycles. The van der Waals surface area contributed by atoms with Crippen LogP contribution < -0.4 is 0 Å². The molecule has 0 saturated heterocycles. The molecule has 0 bridgehead atoms. The van der Waals surface area contributed by atoms with Crippen LogP contribution in [0.15, 0.2) is 10.5 Å². The molecule has 0 aliphatic rings. The molecular formula is C10H10BrF2NO2. The van der Waals surface area contributed by atoms with Gasteiger partial charge < -0.3 is 4.74 Å². The number of hydrogen-bond donors (Lipinski definition) is 0. The summed E-state index contributed by atoms with van der Waals surface area (Å²) in [6.45, 7) is 1.48. The second kappa shape index (κ2) is 5.34. The fourth-order valence-electron chi connectivity index (χ4n) is 1.20. The number of carbonyl (C=O) groups excluding carboxylic acids is 1. The van der Waals surface area contributed by atoms with E-state index >= 15 is 0 Å². The van der Waals surface area contributed by atoms with Crippen LogP contribution in [0.25, 0.3) is 0 Å². The van der Waals surface area contributed by atoms with Crippen molar-refractivity contribution in [3.8, 4) is 0 Å². The second-order valence-electron chi connectivity index (χ2n) is 3.15. The van der Waals surface area contributed by atoms with E-state index < -0.39 is 12.4 Å². The number of pyridine rings is 1. The Hall–Kier alpha value is -1.04. The minimum absolute atomic E-state index is 0.0402. The van der Waals surface area contributed by atoms with Crippen LogP contribution in [-0.4, -0.2) is 18.1 Å². The lowest BCUT2D eigenvalue weighted by atomic mass is 10.1. The van der Waals surface area contributed by atoms with Crippen LogP contribution in [0.5, 0.6) is 0 Å². The van der Waals surface area contributed by atoms with E-state index in [4.69, 9.17) is 0 Å². The first-order chi connectivity index (χ1) is 7.45. The van der Waals surface area contributed by atoms with E-state index in [9.17, 15) is 13.6 Å². The summed E-state index contributed by atoms with van der Waals surface area (Å²) in [7, 11) is 1.26. The van der Waals surface area contributed by atoms with Crippen LogP contribution >= 0.6 is 15.9 Å². The zero-order valence-corrected chi connectivity index (χ0v) is 10.3.